The standard InChI is InChI=1S/C16H27NO2/c1-10(2)12(4)16(18)14(9-17)13-8-11(3)6-7-15(13)19-5/h6-8,10,12,14,16,18H,9,17H2,1-5H3. The SMILES string of the molecule is COc1ccc(C)cc1C(CN)C(O)C(C)C(C)C. The molecule has 0 heterocycles. The number of nitrogens with two attached hydrogens (primary N) is 1. The number of benzene rings is 1. The highest BCUT2D eigenvalue weighted by atomic mass is 16.5. The minimum Gasteiger partial charge on any atom is -0.496 e. The number of hydrogen-bond acceptors (Lipinski definition) is 3. The van der Waals surface area contributed by atoms with Gasteiger partial charge in [-0.2, -0.15) is 0 Å². The summed E-state index contributed by atoms with van der Waals surface area (Å²) in [6.45, 7) is 8.76. The van der Waals surface area contributed by atoms with Crippen molar-refractivity contribution in [2.45, 2.75) is 39.7 Å². The Kier molecular flexibility index (Phi) is 5.83. The summed E-state index contributed by atoms with van der Waals surface area (Å²) in [5, 5.41) is 10.6. The van der Waals surface area contributed by atoms with Gasteiger partial charge < -0.3 is 15.6 Å². The van der Waals surface area contributed by atoms with Gasteiger partial charge in [0.15, 0.2) is 0 Å². The topological polar surface area (TPSA) is 55.5 Å². The van der Waals surface area contributed by atoms with Gasteiger partial charge in [-0.15, -0.1) is 0 Å². The fourth-order valence-electron chi connectivity index (χ4n) is 2.35. The number of aryl methyl sites for hydroxylation is 1. The molecule has 1 rings (SSSR count). The molecular formula is C16H27NO2. The molecule has 0 aliphatic carbocycles. The molecular weight excluding hydrogens is 238 g/mol. The molecule has 0 spiro atoms. The molecule has 108 valence electrons. The highest BCUT2D eigenvalue weighted by Gasteiger charge is 2.29. The molecule has 0 aliphatic heterocycles. The molecule has 3 nitrogen and oxygen atoms in total. The molecule has 0 saturated heterocycles. The lowest BCUT2D eigenvalue weighted by Gasteiger charge is -2.30. The first-order valence-corrected chi connectivity index (χ1v) is 6.95. The summed E-state index contributed by atoms with van der Waals surface area (Å²) in [6.07, 6.45) is -0.458. The highest BCUT2D eigenvalue weighted by molar-refractivity contribution is 5.40. The van der Waals surface area contributed by atoms with Crippen molar-refractivity contribution in [3.63, 3.8) is 0 Å². The molecule has 0 aromatic heterocycles. The van der Waals surface area contributed by atoms with Crippen molar-refractivity contribution < 1.29 is 9.84 Å². The van der Waals surface area contributed by atoms with Crippen LogP contribution in [0.1, 0.15) is 37.8 Å². The Hall–Kier alpha value is -1.06. The molecule has 0 amide bonds. The van der Waals surface area contributed by atoms with Gasteiger partial charge in [-0.25, -0.2) is 0 Å². The van der Waals surface area contributed by atoms with Crippen LogP contribution in [0.5, 0.6) is 5.75 Å². The average Bonchev–Trinajstić information content (AvgIpc) is 2.38. The zero-order chi connectivity index (χ0) is 14.6. The van der Waals surface area contributed by atoms with Crippen LogP contribution in [-0.2, 0) is 0 Å². The van der Waals surface area contributed by atoms with Crippen LogP contribution in [0.25, 0.3) is 0 Å². The molecule has 1 aromatic rings. The first kappa shape index (κ1) is 16.0. The maximum absolute atomic E-state index is 10.6. The minimum absolute atomic E-state index is 0.0905. The molecule has 0 fully saturated rings. The number of aliphatic hydroxyl groups excluding tert-OH is 1. The van der Waals surface area contributed by atoms with E-state index in [-0.39, 0.29) is 11.8 Å². The summed E-state index contributed by atoms with van der Waals surface area (Å²) >= 11 is 0. The van der Waals surface area contributed by atoms with Crippen LogP contribution in [0.4, 0.5) is 0 Å². The smallest absolute Gasteiger partial charge is 0.122 e. The summed E-state index contributed by atoms with van der Waals surface area (Å²) in [5.41, 5.74) is 8.06. The second kappa shape index (κ2) is 6.92. The molecule has 0 saturated carbocycles. The minimum atomic E-state index is -0.458. The van der Waals surface area contributed by atoms with Gasteiger partial charge in [-0.3, -0.25) is 0 Å². The second-order valence-corrected chi connectivity index (χ2v) is 5.68. The number of rotatable bonds is 6. The third-order valence-corrected chi connectivity index (χ3v) is 4.04. The molecule has 3 atom stereocenters. The summed E-state index contributed by atoms with van der Waals surface area (Å²) in [4.78, 5) is 0. The Morgan fingerprint density at radius 1 is 1.26 bits per heavy atom. The summed E-state index contributed by atoms with van der Waals surface area (Å²) in [5.74, 6) is 1.32. The molecule has 19 heavy (non-hydrogen) atoms. The zero-order valence-electron chi connectivity index (χ0n) is 12.7. The van der Waals surface area contributed by atoms with E-state index < -0.39 is 6.10 Å². The monoisotopic (exact) mass is 265 g/mol. The van der Waals surface area contributed by atoms with Gasteiger partial charge in [-0.05, 0) is 24.8 Å². The van der Waals surface area contributed by atoms with E-state index in [1.54, 1.807) is 7.11 Å². The van der Waals surface area contributed by atoms with E-state index in [0.717, 1.165) is 16.9 Å². The van der Waals surface area contributed by atoms with Gasteiger partial charge in [0.1, 0.15) is 5.75 Å². The van der Waals surface area contributed by atoms with Crippen LogP contribution in [0.2, 0.25) is 0 Å². The molecule has 3 unspecified atom stereocenters. The van der Waals surface area contributed by atoms with Crippen LogP contribution in [0.3, 0.4) is 0 Å². The van der Waals surface area contributed by atoms with Crippen molar-refractivity contribution in [2.75, 3.05) is 13.7 Å². The van der Waals surface area contributed by atoms with E-state index in [1.165, 1.54) is 0 Å². The zero-order valence-corrected chi connectivity index (χ0v) is 12.7. The molecule has 0 radical (unpaired) electrons. The third-order valence-electron chi connectivity index (χ3n) is 4.04. The lowest BCUT2D eigenvalue weighted by atomic mass is 9.81. The van der Waals surface area contributed by atoms with Gasteiger partial charge >= 0.3 is 0 Å². The highest BCUT2D eigenvalue weighted by Crippen LogP contribution is 2.33. The lowest BCUT2D eigenvalue weighted by molar-refractivity contribution is 0.0676. The predicted molar refractivity (Wildman–Crippen MR) is 79.5 cm³/mol. The van der Waals surface area contributed by atoms with E-state index in [9.17, 15) is 5.11 Å². The van der Waals surface area contributed by atoms with E-state index in [0.29, 0.717) is 12.5 Å². The Balaban J connectivity index is 3.12. The van der Waals surface area contributed by atoms with Gasteiger partial charge in [0.05, 0.1) is 13.2 Å². The average molecular weight is 265 g/mol. The van der Waals surface area contributed by atoms with E-state index in [4.69, 9.17) is 10.5 Å². The fourth-order valence-corrected chi connectivity index (χ4v) is 2.35. The fraction of sp³-hybridized carbons (Fsp3) is 0.625. The number of ether oxygens (including phenoxy) is 1. The van der Waals surface area contributed by atoms with Gasteiger partial charge in [0.25, 0.3) is 0 Å². The summed E-state index contributed by atoms with van der Waals surface area (Å²) in [6, 6.07) is 6.01. The quantitative estimate of drug-likeness (QED) is 0.831. The largest absolute Gasteiger partial charge is 0.496 e. The van der Waals surface area contributed by atoms with Crippen LogP contribution in [0.15, 0.2) is 18.2 Å². The normalized spacial score (nSPS) is 16.2. The molecule has 0 aliphatic rings. The van der Waals surface area contributed by atoms with Crippen LogP contribution in [-0.4, -0.2) is 24.9 Å². The number of methoxy groups -OCH3 is 1. The van der Waals surface area contributed by atoms with Crippen LogP contribution in [0, 0.1) is 18.8 Å². The Morgan fingerprint density at radius 2 is 1.89 bits per heavy atom. The molecule has 0 bridgehead atoms. The van der Waals surface area contributed by atoms with Crippen molar-refractivity contribution in [1.29, 1.82) is 0 Å². The third kappa shape index (κ3) is 3.71. The second-order valence-electron chi connectivity index (χ2n) is 5.68. The van der Waals surface area contributed by atoms with Crippen LogP contribution >= 0.6 is 0 Å². The van der Waals surface area contributed by atoms with Crippen molar-refractivity contribution in [3.05, 3.63) is 29.3 Å². The van der Waals surface area contributed by atoms with Crippen molar-refractivity contribution in [1.82, 2.24) is 0 Å². The van der Waals surface area contributed by atoms with Gasteiger partial charge in [-0.1, -0.05) is 38.5 Å². The number of hydrogen-bond donors (Lipinski definition) is 2. The van der Waals surface area contributed by atoms with Gasteiger partial charge in [0, 0.05) is 18.0 Å². The summed E-state index contributed by atoms with van der Waals surface area (Å²) in [7, 11) is 1.65. The maximum atomic E-state index is 10.6. The molecule has 1 aromatic carbocycles. The van der Waals surface area contributed by atoms with E-state index >= 15 is 0 Å². The van der Waals surface area contributed by atoms with Crippen molar-refractivity contribution >= 4 is 0 Å². The van der Waals surface area contributed by atoms with Crippen LogP contribution < -0.4 is 10.5 Å². The predicted octanol–water partition coefficient (Wildman–Crippen LogP) is 2.70. The van der Waals surface area contributed by atoms with Crippen molar-refractivity contribution in [3.8, 4) is 5.75 Å². The summed E-state index contributed by atoms with van der Waals surface area (Å²) < 4.78 is 5.41. The van der Waals surface area contributed by atoms with Crippen molar-refractivity contribution in [2.24, 2.45) is 17.6 Å². The molecule has 3 heteroatoms. The lowest BCUT2D eigenvalue weighted by Crippen LogP contribution is -2.33. The number of aliphatic hydroxyl groups is 1. The Morgan fingerprint density at radius 3 is 2.37 bits per heavy atom. The Bertz CT molecular complexity index is 404. The maximum Gasteiger partial charge on any atom is 0.122 e. The van der Waals surface area contributed by atoms with E-state index in [1.807, 2.05) is 19.1 Å². The van der Waals surface area contributed by atoms with Gasteiger partial charge in [0.2, 0.25) is 0 Å². The first-order chi connectivity index (χ1) is 8.92. The van der Waals surface area contributed by atoms with E-state index in [2.05, 4.69) is 26.8 Å². The Labute approximate surface area is 116 Å². The molecule has 3 N–H and O–H groups in total. The first-order valence-electron chi connectivity index (χ1n) is 6.95.